The minimum atomic E-state index is -1.37. The minimum absolute atomic E-state index is 0.122. The second kappa shape index (κ2) is 5.68. The van der Waals surface area contributed by atoms with Gasteiger partial charge in [-0.2, -0.15) is 0 Å². The fraction of sp³-hybridized carbons (Fsp3) is 0.417. The number of carboxylic acid groups (broad SMARTS) is 1. The van der Waals surface area contributed by atoms with E-state index in [1.54, 1.807) is 0 Å². The van der Waals surface area contributed by atoms with Gasteiger partial charge < -0.3 is 21.3 Å². The summed E-state index contributed by atoms with van der Waals surface area (Å²) >= 11 is 0. The molecule has 5 N–H and O–H groups in total. The number of aliphatic hydroxyl groups is 1. The molecule has 0 radical (unpaired) electrons. The normalized spacial score (nSPS) is 12.5. The highest BCUT2D eigenvalue weighted by atomic mass is 19.1. The Morgan fingerprint density at radius 1 is 1.50 bits per heavy atom. The molecule has 0 aliphatic heterocycles. The molecular weight excluding hydrogens is 239 g/mol. The monoisotopic (exact) mass is 256 g/mol. The highest BCUT2D eigenvalue weighted by Gasteiger charge is 2.17. The zero-order chi connectivity index (χ0) is 13.9. The largest absolute Gasteiger partial charge is 0.478 e. The van der Waals surface area contributed by atoms with Gasteiger partial charge in [0.2, 0.25) is 0 Å². The lowest BCUT2D eigenvalue weighted by Gasteiger charge is -2.22. The summed E-state index contributed by atoms with van der Waals surface area (Å²) in [5.41, 5.74) is 5.60. The maximum atomic E-state index is 13.5. The van der Waals surface area contributed by atoms with Crippen molar-refractivity contribution in [3.05, 3.63) is 23.5 Å². The number of carboxylic acids is 1. The van der Waals surface area contributed by atoms with Gasteiger partial charge >= 0.3 is 5.97 Å². The van der Waals surface area contributed by atoms with Gasteiger partial charge in [-0.3, -0.25) is 0 Å². The summed E-state index contributed by atoms with van der Waals surface area (Å²) in [6, 6.07) is 1.82. The maximum Gasteiger partial charge on any atom is 0.338 e. The molecular formula is C12H17FN2O3. The van der Waals surface area contributed by atoms with Crippen molar-refractivity contribution in [3.8, 4) is 0 Å². The Hall–Kier alpha value is -1.82. The molecule has 0 amide bonds. The fourth-order valence-electron chi connectivity index (χ4n) is 1.50. The predicted octanol–water partition coefficient (Wildman–Crippen LogP) is 1.53. The van der Waals surface area contributed by atoms with Gasteiger partial charge in [0, 0.05) is 0 Å². The van der Waals surface area contributed by atoms with Gasteiger partial charge in [-0.15, -0.1) is 0 Å². The molecule has 1 rings (SSSR count). The molecule has 1 atom stereocenters. The standard InChI is InChI=1S/C12H17FN2O3/c1-6(2)11(5-16)15-10-4-8(13)7(12(17)18)3-9(10)14/h3-4,6,11,15-16H,5,14H2,1-2H3,(H,17,18)/t11-/m1/s1. The van der Waals surface area contributed by atoms with Gasteiger partial charge in [-0.1, -0.05) is 13.8 Å². The van der Waals surface area contributed by atoms with Gasteiger partial charge in [0.1, 0.15) is 5.82 Å². The van der Waals surface area contributed by atoms with Crippen molar-refractivity contribution in [3.63, 3.8) is 0 Å². The number of hydrogen-bond acceptors (Lipinski definition) is 4. The van der Waals surface area contributed by atoms with Crippen molar-refractivity contribution in [1.29, 1.82) is 0 Å². The molecule has 18 heavy (non-hydrogen) atoms. The Morgan fingerprint density at radius 2 is 2.11 bits per heavy atom. The number of anilines is 2. The van der Waals surface area contributed by atoms with Crippen molar-refractivity contribution in [2.24, 2.45) is 5.92 Å². The van der Waals surface area contributed by atoms with Crippen LogP contribution in [0.1, 0.15) is 24.2 Å². The van der Waals surface area contributed by atoms with Crippen LogP contribution in [-0.4, -0.2) is 28.8 Å². The van der Waals surface area contributed by atoms with Crippen LogP contribution in [0.25, 0.3) is 0 Å². The molecule has 0 aromatic heterocycles. The molecule has 0 bridgehead atoms. The van der Waals surface area contributed by atoms with Crippen molar-refractivity contribution < 1.29 is 19.4 Å². The van der Waals surface area contributed by atoms with E-state index in [1.165, 1.54) is 0 Å². The molecule has 0 unspecified atom stereocenters. The third-order valence-electron chi connectivity index (χ3n) is 2.71. The second-order valence-electron chi connectivity index (χ2n) is 4.40. The van der Waals surface area contributed by atoms with Gasteiger partial charge in [-0.05, 0) is 18.1 Å². The summed E-state index contributed by atoms with van der Waals surface area (Å²) in [6.07, 6.45) is 0. The number of aromatic carboxylic acids is 1. The molecule has 1 aromatic rings. The first-order valence-electron chi connectivity index (χ1n) is 5.56. The molecule has 1 aromatic carbocycles. The Balaban J connectivity index is 3.04. The van der Waals surface area contributed by atoms with E-state index in [2.05, 4.69) is 5.32 Å². The first-order valence-corrected chi connectivity index (χ1v) is 5.56. The Bertz CT molecular complexity index is 449. The molecule has 0 fully saturated rings. The number of carbonyl (C=O) groups is 1. The SMILES string of the molecule is CC(C)[C@@H](CO)Nc1cc(F)c(C(=O)O)cc1N. The number of hydrogen-bond donors (Lipinski definition) is 4. The average molecular weight is 256 g/mol. The molecule has 0 aliphatic carbocycles. The van der Waals surface area contributed by atoms with Crippen molar-refractivity contribution in [2.45, 2.75) is 19.9 Å². The Labute approximate surface area is 104 Å². The molecule has 5 nitrogen and oxygen atoms in total. The molecule has 0 saturated carbocycles. The van der Waals surface area contributed by atoms with Gasteiger partial charge in [-0.25, -0.2) is 9.18 Å². The summed E-state index contributed by atoms with van der Waals surface area (Å²) in [5.74, 6) is -2.11. The zero-order valence-electron chi connectivity index (χ0n) is 10.3. The van der Waals surface area contributed by atoms with Crippen LogP contribution >= 0.6 is 0 Å². The van der Waals surface area contributed by atoms with Crippen LogP contribution in [0.4, 0.5) is 15.8 Å². The lowest BCUT2D eigenvalue weighted by Crippen LogP contribution is -2.30. The van der Waals surface area contributed by atoms with Crippen LogP contribution in [0.15, 0.2) is 12.1 Å². The maximum absolute atomic E-state index is 13.5. The van der Waals surface area contributed by atoms with E-state index in [0.29, 0.717) is 0 Å². The van der Waals surface area contributed by atoms with E-state index in [9.17, 15) is 9.18 Å². The van der Waals surface area contributed by atoms with Crippen molar-refractivity contribution in [2.75, 3.05) is 17.7 Å². The van der Waals surface area contributed by atoms with E-state index >= 15 is 0 Å². The van der Waals surface area contributed by atoms with E-state index in [-0.39, 0.29) is 29.9 Å². The number of benzene rings is 1. The summed E-state index contributed by atoms with van der Waals surface area (Å²) in [6.45, 7) is 3.66. The molecule has 0 saturated heterocycles. The van der Waals surface area contributed by atoms with Crippen molar-refractivity contribution >= 4 is 17.3 Å². The number of nitrogens with one attached hydrogen (secondary N) is 1. The topological polar surface area (TPSA) is 95.6 Å². The summed E-state index contributed by atoms with van der Waals surface area (Å²) in [5, 5.41) is 20.8. The quantitative estimate of drug-likeness (QED) is 0.599. The average Bonchev–Trinajstić information content (AvgIpc) is 2.28. The molecule has 0 aliphatic rings. The van der Waals surface area contributed by atoms with Crippen LogP contribution in [0.5, 0.6) is 0 Å². The zero-order valence-corrected chi connectivity index (χ0v) is 10.3. The van der Waals surface area contributed by atoms with E-state index in [4.69, 9.17) is 15.9 Å². The highest BCUT2D eigenvalue weighted by molar-refractivity contribution is 5.90. The van der Waals surface area contributed by atoms with Gasteiger partial charge in [0.25, 0.3) is 0 Å². The van der Waals surface area contributed by atoms with Crippen molar-refractivity contribution in [1.82, 2.24) is 0 Å². The Morgan fingerprint density at radius 3 is 2.56 bits per heavy atom. The number of nitrogen functional groups attached to an aromatic ring is 1. The van der Waals surface area contributed by atoms with Crippen LogP contribution in [-0.2, 0) is 0 Å². The predicted molar refractivity (Wildman–Crippen MR) is 67.1 cm³/mol. The second-order valence-corrected chi connectivity index (χ2v) is 4.40. The molecule has 6 heteroatoms. The molecule has 100 valence electrons. The van der Waals surface area contributed by atoms with Crippen LogP contribution in [0.3, 0.4) is 0 Å². The first-order chi connectivity index (χ1) is 8.36. The third-order valence-corrected chi connectivity index (χ3v) is 2.71. The van der Waals surface area contributed by atoms with E-state index in [0.717, 1.165) is 12.1 Å². The lowest BCUT2D eigenvalue weighted by atomic mass is 10.0. The Kier molecular flexibility index (Phi) is 4.49. The highest BCUT2D eigenvalue weighted by Crippen LogP contribution is 2.24. The number of aliphatic hydroxyl groups excluding tert-OH is 1. The molecule has 0 heterocycles. The van der Waals surface area contributed by atoms with Crippen LogP contribution in [0, 0.1) is 11.7 Å². The van der Waals surface area contributed by atoms with E-state index in [1.807, 2.05) is 13.8 Å². The minimum Gasteiger partial charge on any atom is -0.478 e. The fourth-order valence-corrected chi connectivity index (χ4v) is 1.50. The third kappa shape index (κ3) is 3.10. The van der Waals surface area contributed by atoms with Crippen LogP contribution in [0.2, 0.25) is 0 Å². The first kappa shape index (κ1) is 14.2. The summed E-state index contributed by atoms with van der Waals surface area (Å²) in [4.78, 5) is 10.7. The number of halogens is 1. The lowest BCUT2D eigenvalue weighted by molar-refractivity contribution is 0.0692. The van der Waals surface area contributed by atoms with E-state index < -0.39 is 17.3 Å². The summed E-state index contributed by atoms with van der Waals surface area (Å²) < 4.78 is 13.5. The molecule has 0 spiro atoms. The van der Waals surface area contributed by atoms with Crippen LogP contribution < -0.4 is 11.1 Å². The smallest absolute Gasteiger partial charge is 0.338 e. The summed E-state index contributed by atoms with van der Waals surface area (Å²) in [7, 11) is 0. The van der Waals surface area contributed by atoms with Gasteiger partial charge in [0.05, 0.1) is 29.6 Å². The number of rotatable bonds is 5. The number of nitrogens with two attached hydrogens (primary N) is 1. The van der Waals surface area contributed by atoms with Gasteiger partial charge in [0.15, 0.2) is 0 Å².